The van der Waals surface area contributed by atoms with E-state index in [0.717, 1.165) is 10.0 Å². The fourth-order valence-corrected chi connectivity index (χ4v) is 5.51. The minimum Gasteiger partial charge on any atom is -0.409 e. The number of allylic oxidation sites excluding steroid dienone is 2. The predicted molar refractivity (Wildman–Crippen MR) is 145 cm³/mol. The molecule has 0 aliphatic heterocycles. The van der Waals surface area contributed by atoms with Crippen molar-refractivity contribution < 1.29 is 17.6 Å². The minimum atomic E-state index is -3.75. The molecule has 4 aromatic rings. The van der Waals surface area contributed by atoms with Gasteiger partial charge >= 0.3 is 0 Å². The van der Waals surface area contributed by atoms with Crippen molar-refractivity contribution in [3.05, 3.63) is 103 Å². The Morgan fingerprint density at radius 2 is 1.83 bits per heavy atom. The lowest BCUT2D eigenvalue weighted by Crippen LogP contribution is -2.13. The van der Waals surface area contributed by atoms with Crippen molar-refractivity contribution >= 4 is 61.2 Å². The molecule has 1 amide bonds. The van der Waals surface area contributed by atoms with E-state index in [0.29, 0.717) is 16.3 Å². The summed E-state index contributed by atoms with van der Waals surface area (Å²) < 4.78 is 32.6. The topological polar surface area (TPSA) is 105 Å². The van der Waals surface area contributed by atoms with Crippen LogP contribution < -0.4 is 5.32 Å². The highest BCUT2D eigenvalue weighted by molar-refractivity contribution is 9.10. The highest BCUT2D eigenvalue weighted by atomic mass is 79.9. The number of aromatic amines is 1. The van der Waals surface area contributed by atoms with E-state index < -0.39 is 15.7 Å². The molecule has 1 heterocycles. The van der Waals surface area contributed by atoms with Gasteiger partial charge in [0.05, 0.1) is 16.1 Å². The normalized spacial score (nSPS) is 11.9. The van der Waals surface area contributed by atoms with Crippen LogP contribution in [0.3, 0.4) is 0 Å². The number of rotatable bonds is 7. The van der Waals surface area contributed by atoms with Gasteiger partial charge in [-0.25, -0.2) is 13.5 Å². The molecule has 2 N–H and O–H groups in total. The Labute approximate surface area is 226 Å². The van der Waals surface area contributed by atoms with E-state index in [-0.39, 0.29) is 32.5 Å². The van der Waals surface area contributed by atoms with E-state index in [4.69, 9.17) is 28.2 Å². The van der Waals surface area contributed by atoms with Crippen LogP contribution >= 0.6 is 39.7 Å². The van der Waals surface area contributed by atoms with Gasteiger partial charge in [0, 0.05) is 26.4 Å². The van der Waals surface area contributed by atoms with Gasteiger partial charge in [0.15, 0.2) is 0 Å². The second-order valence-corrected chi connectivity index (χ2v) is 11.4. The highest BCUT2D eigenvalue weighted by Gasteiger charge is 2.21. The number of nitrogens with zero attached hydrogens (tertiary/aromatic N) is 1. The third-order valence-electron chi connectivity index (χ3n) is 5.28. The second-order valence-electron chi connectivity index (χ2n) is 7.65. The molecule has 0 aliphatic rings. The number of halogens is 2. The van der Waals surface area contributed by atoms with Gasteiger partial charge in [0.1, 0.15) is 0 Å². The Hall–Kier alpha value is -3.05. The Kier molecular flexibility index (Phi) is 7.89. The summed E-state index contributed by atoms with van der Waals surface area (Å²) in [6.45, 7) is 1.68. The smallest absolute Gasteiger partial charge is 0.284 e. The number of anilines is 1. The third-order valence-corrected chi connectivity index (χ3v) is 8.17. The molecule has 4 rings (SSSR count). The molecular weight excluding hydrogens is 586 g/mol. The van der Waals surface area contributed by atoms with Crippen molar-refractivity contribution in [3.63, 3.8) is 0 Å². The van der Waals surface area contributed by atoms with Crippen LogP contribution in [-0.4, -0.2) is 24.5 Å². The molecule has 7 nitrogen and oxygen atoms in total. The van der Waals surface area contributed by atoms with E-state index in [1.54, 1.807) is 55.5 Å². The number of hydrogen-bond donors (Lipinski definition) is 2. The van der Waals surface area contributed by atoms with Gasteiger partial charge in [-0.1, -0.05) is 45.7 Å². The number of H-pyrrole nitrogens is 1. The monoisotopic (exact) mass is 603 g/mol. The van der Waals surface area contributed by atoms with Crippen molar-refractivity contribution in [2.24, 2.45) is 0 Å². The van der Waals surface area contributed by atoms with E-state index >= 15 is 0 Å². The quantitative estimate of drug-likeness (QED) is 0.220. The number of aromatic nitrogens is 2. The number of benzene rings is 3. The summed E-state index contributed by atoms with van der Waals surface area (Å²) in [5.41, 5.74) is 2.07. The molecule has 184 valence electrons. The van der Waals surface area contributed by atoms with Crippen LogP contribution in [0.4, 0.5) is 5.69 Å². The number of carbonyl (C=O) groups is 1. The molecule has 0 fully saturated rings. The zero-order chi connectivity index (χ0) is 25.9. The molecule has 0 radical (unpaired) electrons. The van der Waals surface area contributed by atoms with E-state index in [2.05, 4.69) is 31.4 Å². The van der Waals surface area contributed by atoms with Gasteiger partial charge in [-0.15, -0.1) is 5.10 Å². The maximum atomic E-state index is 13.2. The summed E-state index contributed by atoms with van der Waals surface area (Å²) in [5.74, 6) is -0.207. The van der Waals surface area contributed by atoms with E-state index in [1.165, 1.54) is 24.3 Å². The first-order chi connectivity index (χ1) is 17.2. The van der Waals surface area contributed by atoms with Crippen molar-refractivity contribution in [2.75, 3.05) is 5.32 Å². The summed E-state index contributed by atoms with van der Waals surface area (Å²) in [6.07, 6.45) is 1.81. The molecule has 0 unspecified atom stereocenters. The standard InChI is InChI=1S/C25H19BrClN3O4S2/c1-2-19(13-15-3-8-18(27)9-4-15)36(32,33)20-10-5-16(6-11-20)23(31)28-22-12-7-17(26)14-21(22)24-29-30-25(35)34-24/h2-12,14H,13H2,1H3,(H,28,31)(H,30,35). The number of nitrogens with one attached hydrogen (secondary N) is 2. The summed E-state index contributed by atoms with van der Waals surface area (Å²) in [7, 11) is -3.75. The average Bonchev–Trinajstić information content (AvgIpc) is 3.30. The van der Waals surface area contributed by atoms with Crippen molar-refractivity contribution in [2.45, 2.75) is 18.2 Å². The number of amides is 1. The maximum absolute atomic E-state index is 13.2. The summed E-state index contributed by atoms with van der Waals surface area (Å²) in [4.78, 5) is 13.4. The molecule has 0 atom stereocenters. The first-order valence-corrected chi connectivity index (χ1v) is 13.6. The van der Waals surface area contributed by atoms with Crippen LogP contribution in [0.25, 0.3) is 11.5 Å². The van der Waals surface area contributed by atoms with Gasteiger partial charge in [-0.2, -0.15) is 0 Å². The van der Waals surface area contributed by atoms with E-state index in [1.807, 2.05) is 0 Å². The molecule has 0 saturated carbocycles. The molecular formula is C25H19BrClN3O4S2. The lowest BCUT2D eigenvalue weighted by Gasteiger charge is -2.11. The molecule has 1 aromatic heterocycles. The van der Waals surface area contributed by atoms with Crippen LogP contribution in [0.15, 0.2) is 91.5 Å². The molecule has 36 heavy (non-hydrogen) atoms. The zero-order valence-corrected chi connectivity index (χ0v) is 22.8. The molecule has 0 bridgehead atoms. The van der Waals surface area contributed by atoms with Gasteiger partial charge in [-0.3, -0.25) is 4.79 Å². The lowest BCUT2D eigenvalue weighted by atomic mass is 10.1. The fraction of sp³-hybridized carbons (Fsp3) is 0.0800. The van der Waals surface area contributed by atoms with Crippen LogP contribution in [0.1, 0.15) is 22.8 Å². The molecule has 3 aromatic carbocycles. The highest BCUT2D eigenvalue weighted by Crippen LogP contribution is 2.30. The molecule has 0 spiro atoms. The SMILES string of the molecule is CC=C(Cc1ccc(Cl)cc1)S(=O)(=O)c1ccc(C(=O)Nc2ccc(Br)cc2-c2n[nH]c(=S)o2)cc1. The maximum Gasteiger partial charge on any atom is 0.284 e. The Morgan fingerprint density at radius 3 is 2.44 bits per heavy atom. The fourth-order valence-electron chi connectivity index (χ4n) is 3.43. The number of carbonyl (C=O) groups excluding carboxylic acids is 1. The van der Waals surface area contributed by atoms with Gasteiger partial charge < -0.3 is 9.73 Å². The Balaban J connectivity index is 1.55. The number of hydrogen-bond acceptors (Lipinski definition) is 6. The Bertz CT molecular complexity index is 1610. The molecule has 11 heteroatoms. The summed E-state index contributed by atoms with van der Waals surface area (Å²) in [5, 5.41) is 9.96. The zero-order valence-electron chi connectivity index (χ0n) is 18.8. The third kappa shape index (κ3) is 5.84. The van der Waals surface area contributed by atoms with Crippen LogP contribution in [-0.2, 0) is 16.3 Å². The summed E-state index contributed by atoms with van der Waals surface area (Å²) in [6, 6.07) is 18.0. The number of sulfone groups is 1. The largest absolute Gasteiger partial charge is 0.409 e. The first kappa shape index (κ1) is 26.0. The Morgan fingerprint density at radius 1 is 1.14 bits per heavy atom. The lowest BCUT2D eigenvalue weighted by molar-refractivity contribution is 0.102. The van der Waals surface area contributed by atoms with Gasteiger partial charge in [0.2, 0.25) is 15.7 Å². The van der Waals surface area contributed by atoms with Crippen LogP contribution in [0, 0.1) is 4.84 Å². The second kappa shape index (κ2) is 10.9. The van der Waals surface area contributed by atoms with Crippen LogP contribution in [0.5, 0.6) is 0 Å². The van der Waals surface area contributed by atoms with Gasteiger partial charge in [-0.05, 0) is 79.3 Å². The average molecular weight is 605 g/mol. The van der Waals surface area contributed by atoms with E-state index in [9.17, 15) is 13.2 Å². The molecule has 0 aliphatic carbocycles. The van der Waals surface area contributed by atoms with Crippen molar-refractivity contribution in [1.29, 1.82) is 0 Å². The van der Waals surface area contributed by atoms with Crippen LogP contribution in [0.2, 0.25) is 5.02 Å². The van der Waals surface area contributed by atoms with Gasteiger partial charge in [0.25, 0.3) is 10.7 Å². The van der Waals surface area contributed by atoms with Crippen molar-refractivity contribution in [3.8, 4) is 11.5 Å². The summed E-state index contributed by atoms with van der Waals surface area (Å²) >= 11 is 14.3. The van der Waals surface area contributed by atoms with Crippen molar-refractivity contribution in [1.82, 2.24) is 10.2 Å². The predicted octanol–water partition coefficient (Wildman–Crippen LogP) is 6.99. The molecule has 0 saturated heterocycles. The first-order valence-electron chi connectivity index (χ1n) is 10.6. The minimum absolute atomic E-state index is 0.0961.